The number of piperidine rings is 1. The van der Waals surface area contributed by atoms with Crippen LogP contribution in [0.1, 0.15) is 19.3 Å². The molecule has 10 heteroatoms. The molecule has 0 aliphatic carbocycles. The van der Waals surface area contributed by atoms with E-state index in [9.17, 15) is 16.8 Å². The highest BCUT2D eigenvalue weighted by molar-refractivity contribution is 9.10. The quantitative estimate of drug-likeness (QED) is 0.671. The lowest BCUT2D eigenvalue weighted by atomic mass is 10.2. The summed E-state index contributed by atoms with van der Waals surface area (Å²) in [5.41, 5.74) is 0.0700. The average molecular weight is 489 g/mol. The van der Waals surface area contributed by atoms with Crippen molar-refractivity contribution in [2.45, 2.75) is 29.1 Å². The number of sulfonamides is 2. The first-order valence-electron chi connectivity index (χ1n) is 8.70. The van der Waals surface area contributed by atoms with Gasteiger partial charge in [-0.1, -0.05) is 28.4 Å². The fourth-order valence-corrected chi connectivity index (χ4v) is 6.22. The number of hydrogen-bond donors (Lipinski definition) is 1. The summed E-state index contributed by atoms with van der Waals surface area (Å²) in [6, 6.07) is 10.4. The highest BCUT2D eigenvalue weighted by Crippen LogP contribution is 2.32. The fraction of sp³-hybridized carbons (Fsp3) is 0.333. The molecule has 0 bridgehead atoms. The smallest absolute Gasteiger partial charge is 0.262 e. The number of methoxy groups -OCH3 is 1. The van der Waals surface area contributed by atoms with Crippen molar-refractivity contribution in [3.05, 3.63) is 46.9 Å². The number of ether oxygens (including phenoxy) is 1. The minimum absolute atomic E-state index is 0.0298. The Labute approximate surface area is 173 Å². The Bertz CT molecular complexity index is 1070. The van der Waals surface area contributed by atoms with Crippen molar-refractivity contribution in [3.8, 4) is 5.75 Å². The van der Waals surface area contributed by atoms with E-state index in [1.807, 2.05) is 0 Å². The molecular weight excluding hydrogens is 468 g/mol. The topological polar surface area (TPSA) is 92.8 Å². The lowest BCUT2D eigenvalue weighted by Gasteiger charge is -2.26. The third-order valence-electron chi connectivity index (χ3n) is 4.47. The summed E-state index contributed by atoms with van der Waals surface area (Å²) >= 11 is 3.25. The Hall–Kier alpha value is -1.62. The first-order valence-corrected chi connectivity index (χ1v) is 12.4. The van der Waals surface area contributed by atoms with E-state index in [0.29, 0.717) is 17.6 Å². The van der Waals surface area contributed by atoms with Gasteiger partial charge >= 0.3 is 0 Å². The molecule has 2 aromatic carbocycles. The Morgan fingerprint density at radius 3 is 2.32 bits per heavy atom. The standard InChI is InChI=1S/C18H21BrN2O5S2/c1-26-18-9-8-16(28(24,25)21-10-3-2-4-11-21)13-17(18)20-27(22,23)15-7-5-6-14(19)12-15/h5-9,12-13,20H,2-4,10-11H2,1H3. The van der Waals surface area contributed by atoms with Gasteiger partial charge in [-0.05, 0) is 49.2 Å². The van der Waals surface area contributed by atoms with Crippen LogP contribution >= 0.6 is 15.9 Å². The predicted octanol–water partition coefficient (Wildman–Crippen LogP) is 3.43. The van der Waals surface area contributed by atoms with E-state index in [0.717, 1.165) is 19.3 Å². The molecule has 0 aromatic heterocycles. The van der Waals surface area contributed by atoms with E-state index in [2.05, 4.69) is 20.7 Å². The van der Waals surface area contributed by atoms with Gasteiger partial charge in [-0.25, -0.2) is 16.8 Å². The van der Waals surface area contributed by atoms with Gasteiger partial charge in [0, 0.05) is 17.6 Å². The van der Waals surface area contributed by atoms with Gasteiger partial charge in [-0.3, -0.25) is 4.72 Å². The molecule has 0 radical (unpaired) electrons. The second kappa shape index (κ2) is 8.40. The van der Waals surface area contributed by atoms with Gasteiger partial charge in [0.05, 0.1) is 22.6 Å². The van der Waals surface area contributed by atoms with Gasteiger partial charge in [0.15, 0.2) is 0 Å². The molecule has 0 amide bonds. The molecular formula is C18H21BrN2O5S2. The van der Waals surface area contributed by atoms with Crippen LogP contribution in [0, 0.1) is 0 Å². The first-order chi connectivity index (χ1) is 13.2. The van der Waals surface area contributed by atoms with E-state index in [4.69, 9.17) is 4.74 Å². The zero-order valence-corrected chi connectivity index (χ0v) is 18.5. The van der Waals surface area contributed by atoms with Crippen LogP contribution in [-0.4, -0.2) is 41.3 Å². The Balaban J connectivity index is 1.98. The van der Waals surface area contributed by atoms with Crippen LogP contribution in [0.2, 0.25) is 0 Å². The molecule has 1 heterocycles. The summed E-state index contributed by atoms with van der Waals surface area (Å²) in [6.07, 6.45) is 2.64. The molecule has 3 rings (SSSR count). The minimum atomic E-state index is -3.92. The summed E-state index contributed by atoms with van der Waals surface area (Å²) in [7, 11) is -6.23. The first kappa shape index (κ1) is 21.1. The lowest BCUT2D eigenvalue weighted by Crippen LogP contribution is -2.35. The number of benzene rings is 2. The van der Waals surface area contributed by atoms with Gasteiger partial charge in [-0.2, -0.15) is 4.31 Å². The SMILES string of the molecule is COc1ccc(S(=O)(=O)N2CCCCC2)cc1NS(=O)(=O)c1cccc(Br)c1. The van der Waals surface area contributed by atoms with Crippen molar-refractivity contribution in [3.63, 3.8) is 0 Å². The van der Waals surface area contributed by atoms with Crippen LogP contribution in [0.3, 0.4) is 0 Å². The summed E-state index contributed by atoms with van der Waals surface area (Å²) in [5.74, 6) is 0.233. The molecule has 152 valence electrons. The number of rotatable bonds is 6. The molecule has 0 unspecified atom stereocenters. The number of hydrogen-bond acceptors (Lipinski definition) is 5. The third-order valence-corrected chi connectivity index (χ3v) is 8.23. The van der Waals surface area contributed by atoms with Crippen LogP contribution in [0.15, 0.2) is 56.7 Å². The van der Waals surface area contributed by atoms with Crippen molar-refractivity contribution in [1.29, 1.82) is 0 Å². The normalized spacial score (nSPS) is 15.9. The van der Waals surface area contributed by atoms with Crippen molar-refractivity contribution >= 4 is 41.7 Å². The summed E-state index contributed by atoms with van der Waals surface area (Å²) in [5, 5.41) is 0. The number of anilines is 1. The molecule has 2 aromatic rings. The summed E-state index contributed by atoms with van der Waals surface area (Å²) < 4.78 is 61.0. The number of nitrogens with one attached hydrogen (secondary N) is 1. The van der Waals surface area contributed by atoms with Crippen LogP contribution in [0.5, 0.6) is 5.75 Å². The molecule has 0 spiro atoms. The second-order valence-corrected chi connectivity index (χ2v) is 10.9. The van der Waals surface area contributed by atoms with Crippen molar-refractivity contribution in [2.24, 2.45) is 0 Å². The minimum Gasteiger partial charge on any atom is -0.495 e. The largest absolute Gasteiger partial charge is 0.495 e. The predicted molar refractivity (Wildman–Crippen MR) is 111 cm³/mol. The van der Waals surface area contributed by atoms with Gasteiger partial charge in [-0.15, -0.1) is 0 Å². The van der Waals surface area contributed by atoms with E-state index < -0.39 is 20.0 Å². The highest BCUT2D eigenvalue weighted by Gasteiger charge is 2.27. The second-order valence-electron chi connectivity index (χ2n) is 6.39. The van der Waals surface area contributed by atoms with Crippen molar-refractivity contribution < 1.29 is 21.6 Å². The maximum Gasteiger partial charge on any atom is 0.262 e. The van der Waals surface area contributed by atoms with E-state index in [-0.39, 0.29) is 21.2 Å². The summed E-state index contributed by atoms with van der Waals surface area (Å²) in [4.78, 5) is 0.0790. The van der Waals surface area contributed by atoms with Crippen molar-refractivity contribution in [1.82, 2.24) is 4.31 Å². The van der Waals surface area contributed by atoms with Crippen LogP contribution < -0.4 is 9.46 Å². The van der Waals surface area contributed by atoms with Gasteiger partial charge in [0.1, 0.15) is 5.75 Å². The van der Waals surface area contributed by atoms with Crippen LogP contribution in [-0.2, 0) is 20.0 Å². The van der Waals surface area contributed by atoms with E-state index >= 15 is 0 Å². The lowest BCUT2D eigenvalue weighted by molar-refractivity contribution is 0.346. The molecule has 1 aliphatic heterocycles. The molecule has 1 saturated heterocycles. The zero-order chi connectivity index (χ0) is 20.4. The van der Waals surface area contributed by atoms with Gasteiger partial charge in [0.2, 0.25) is 10.0 Å². The zero-order valence-electron chi connectivity index (χ0n) is 15.3. The van der Waals surface area contributed by atoms with Crippen LogP contribution in [0.4, 0.5) is 5.69 Å². The number of nitrogens with zero attached hydrogens (tertiary/aromatic N) is 1. The summed E-state index contributed by atoms with van der Waals surface area (Å²) in [6.45, 7) is 0.931. The number of halogens is 1. The maximum atomic E-state index is 12.9. The van der Waals surface area contributed by atoms with Gasteiger partial charge < -0.3 is 4.74 Å². The molecule has 1 N–H and O–H groups in total. The average Bonchev–Trinajstić information content (AvgIpc) is 2.68. The molecule has 1 aliphatic rings. The Morgan fingerprint density at radius 1 is 0.964 bits per heavy atom. The third kappa shape index (κ3) is 4.51. The Morgan fingerprint density at radius 2 is 1.68 bits per heavy atom. The molecule has 0 saturated carbocycles. The molecule has 1 fully saturated rings. The van der Waals surface area contributed by atoms with E-state index in [1.54, 1.807) is 12.1 Å². The Kier molecular flexibility index (Phi) is 6.33. The fourth-order valence-electron chi connectivity index (χ4n) is 3.02. The van der Waals surface area contributed by atoms with Gasteiger partial charge in [0.25, 0.3) is 10.0 Å². The molecule has 7 nitrogen and oxygen atoms in total. The van der Waals surface area contributed by atoms with E-state index in [1.165, 1.54) is 41.7 Å². The monoisotopic (exact) mass is 488 g/mol. The maximum absolute atomic E-state index is 12.9. The molecule has 0 atom stereocenters. The van der Waals surface area contributed by atoms with Crippen LogP contribution in [0.25, 0.3) is 0 Å². The van der Waals surface area contributed by atoms with Crippen molar-refractivity contribution in [2.75, 3.05) is 24.9 Å². The molecule has 28 heavy (non-hydrogen) atoms. The highest BCUT2D eigenvalue weighted by atomic mass is 79.9.